The van der Waals surface area contributed by atoms with Gasteiger partial charge < -0.3 is 21.9 Å². The maximum atomic E-state index is 5.76. The van der Waals surface area contributed by atoms with Crippen LogP contribution in [0.15, 0.2) is 64.6 Å². The summed E-state index contributed by atoms with van der Waals surface area (Å²) >= 11 is 0. The number of aliphatic imine (C=N–C) groups is 2. The Morgan fingerprint density at radius 1 is 0.905 bits per heavy atom. The summed E-state index contributed by atoms with van der Waals surface area (Å²) in [6.07, 6.45) is 0. The third-order valence-corrected chi connectivity index (χ3v) is 2.58. The fourth-order valence-corrected chi connectivity index (χ4v) is 1.69. The molecule has 0 unspecified atom stereocenters. The van der Waals surface area contributed by atoms with Crippen LogP contribution in [-0.2, 0) is 6.61 Å². The van der Waals surface area contributed by atoms with E-state index in [0.717, 1.165) is 5.56 Å². The highest BCUT2D eigenvalue weighted by Crippen LogP contribution is 2.27. The lowest BCUT2D eigenvalue weighted by atomic mass is 10.2. The van der Waals surface area contributed by atoms with Gasteiger partial charge in [0.05, 0.1) is 0 Å². The Balaban J connectivity index is 2.15. The van der Waals surface area contributed by atoms with E-state index in [-0.39, 0.29) is 11.9 Å². The minimum absolute atomic E-state index is 0.0224. The summed E-state index contributed by atoms with van der Waals surface area (Å²) < 4.78 is 5.76. The molecule has 108 valence electrons. The van der Waals surface area contributed by atoms with Crippen LogP contribution in [0.1, 0.15) is 5.56 Å². The summed E-state index contributed by atoms with van der Waals surface area (Å²) in [6, 6.07) is 17.1. The van der Waals surface area contributed by atoms with Crippen molar-refractivity contribution in [3.8, 4) is 5.75 Å². The minimum atomic E-state index is -0.140. The number of nitrogens with zero attached hydrogens (tertiary/aromatic N) is 2. The highest BCUT2D eigenvalue weighted by atomic mass is 16.5. The molecule has 0 atom stereocenters. The van der Waals surface area contributed by atoms with Crippen molar-refractivity contribution in [1.29, 1.82) is 0 Å². The molecular formula is C15H17N5O. The molecule has 2 aromatic carbocycles. The number of rotatable bonds is 4. The first-order valence-corrected chi connectivity index (χ1v) is 6.34. The van der Waals surface area contributed by atoms with Crippen molar-refractivity contribution in [1.82, 2.24) is 0 Å². The van der Waals surface area contributed by atoms with Crippen molar-refractivity contribution >= 4 is 17.6 Å². The van der Waals surface area contributed by atoms with Crippen LogP contribution in [0.25, 0.3) is 0 Å². The highest BCUT2D eigenvalue weighted by Gasteiger charge is 2.03. The third-order valence-electron chi connectivity index (χ3n) is 2.58. The lowest BCUT2D eigenvalue weighted by Crippen LogP contribution is -2.26. The van der Waals surface area contributed by atoms with E-state index in [1.807, 2.05) is 48.5 Å². The Hall–Kier alpha value is -3.02. The molecule has 6 N–H and O–H groups in total. The molecule has 0 aliphatic heterocycles. The molecule has 6 heteroatoms. The molecule has 0 bridgehead atoms. The zero-order valence-corrected chi connectivity index (χ0v) is 11.4. The van der Waals surface area contributed by atoms with Gasteiger partial charge in [0.15, 0.2) is 5.96 Å². The van der Waals surface area contributed by atoms with Crippen LogP contribution in [-0.4, -0.2) is 11.9 Å². The summed E-state index contributed by atoms with van der Waals surface area (Å²) in [5, 5.41) is 0. The summed E-state index contributed by atoms with van der Waals surface area (Å²) in [4.78, 5) is 7.81. The van der Waals surface area contributed by atoms with Gasteiger partial charge in [0.1, 0.15) is 18.0 Å². The molecule has 0 amide bonds. The maximum Gasteiger partial charge on any atom is 0.223 e. The van der Waals surface area contributed by atoms with Crippen molar-refractivity contribution in [2.75, 3.05) is 0 Å². The standard InChI is InChI=1S/C15H17N5O/c16-14(17)20-15(18)19-12-8-4-5-9-13(12)21-10-11-6-2-1-3-7-11/h1-9H,10H2,(H6,16,17,18,19,20). The molecule has 0 fully saturated rings. The number of para-hydroxylation sites is 2. The second kappa shape index (κ2) is 6.95. The van der Waals surface area contributed by atoms with Crippen molar-refractivity contribution < 1.29 is 4.74 Å². The SMILES string of the molecule is NC(N)=NC(N)=Nc1ccccc1OCc1ccccc1. The van der Waals surface area contributed by atoms with Crippen LogP contribution in [0.3, 0.4) is 0 Å². The van der Waals surface area contributed by atoms with Gasteiger partial charge in [-0.25, -0.2) is 4.99 Å². The first kappa shape index (κ1) is 14.4. The summed E-state index contributed by atoms with van der Waals surface area (Å²) in [7, 11) is 0. The monoisotopic (exact) mass is 283 g/mol. The van der Waals surface area contributed by atoms with Gasteiger partial charge in [0, 0.05) is 0 Å². The Bertz CT molecular complexity index is 648. The van der Waals surface area contributed by atoms with Gasteiger partial charge in [-0.15, -0.1) is 0 Å². The van der Waals surface area contributed by atoms with Gasteiger partial charge in [-0.05, 0) is 17.7 Å². The smallest absolute Gasteiger partial charge is 0.223 e. The number of hydrogen-bond acceptors (Lipinski definition) is 2. The third kappa shape index (κ3) is 4.54. The van der Waals surface area contributed by atoms with Gasteiger partial charge in [-0.2, -0.15) is 4.99 Å². The van der Waals surface area contributed by atoms with Crippen molar-refractivity contribution in [2.24, 2.45) is 27.2 Å². The van der Waals surface area contributed by atoms with E-state index >= 15 is 0 Å². The number of hydrogen-bond donors (Lipinski definition) is 3. The first-order chi connectivity index (χ1) is 10.1. The Morgan fingerprint density at radius 2 is 1.57 bits per heavy atom. The van der Waals surface area contributed by atoms with Gasteiger partial charge in [-0.1, -0.05) is 42.5 Å². The van der Waals surface area contributed by atoms with Crippen LogP contribution in [0.4, 0.5) is 5.69 Å². The molecule has 0 saturated heterocycles. The normalized spacial score (nSPS) is 11.0. The maximum absolute atomic E-state index is 5.76. The average Bonchev–Trinajstić information content (AvgIpc) is 2.46. The molecule has 0 spiro atoms. The molecule has 0 aliphatic carbocycles. The van der Waals surface area contributed by atoms with Crippen LogP contribution < -0.4 is 21.9 Å². The molecule has 0 aliphatic rings. The lowest BCUT2D eigenvalue weighted by molar-refractivity contribution is 0.307. The molecule has 0 heterocycles. The Labute approximate surface area is 123 Å². The fourth-order valence-electron chi connectivity index (χ4n) is 1.69. The van der Waals surface area contributed by atoms with Crippen LogP contribution in [0, 0.1) is 0 Å². The van der Waals surface area contributed by atoms with Crippen molar-refractivity contribution in [2.45, 2.75) is 6.61 Å². The average molecular weight is 283 g/mol. The number of benzene rings is 2. The van der Waals surface area contributed by atoms with E-state index in [9.17, 15) is 0 Å². The summed E-state index contributed by atoms with van der Waals surface area (Å²) in [6.45, 7) is 0.440. The predicted molar refractivity (Wildman–Crippen MR) is 84.3 cm³/mol. The molecule has 2 aromatic rings. The second-order valence-corrected chi connectivity index (χ2v) is 4.25. The molecule has 0 aromatic heterocycles. The fraction of sp³-hybridized carbons (Fsp3) is 0.0667. The van der Waals surface area contributed by atoms with Crippen LogP contribution in [0.5, 0.6) is 5.75 Å². The van der Waals surface area contributed by atoms with Gasteiger partial charge in [-0.3, -0.25) is 0 Å². The molecular weight excluding hydrogens is 266 g/mol. The molecule has 21 heavy (non-hydrogen) atoms. The quantitative estimate of drug-likeness (QED) is 0.582. The van der Waals surface area contributed by atoms with Gasteiger partial charge in [0.2, 0.25) is 5.96 Å². The predicted octanol–water partition coefficient (Wildman–Crippen LogP) is 1.49. The first-order valence-electron chi connectivity index (χ1n) is 6.34. The van der Waals surface area contributed by atoms with Crippen LogP contribution in [0.2, 0.25) is 0 Å². The van der Waals surface area contributed by atoms with E-state index < -0.39 is 0 Å². The molecule has 2 rings (SSSR count). The zero-order valence-electron chi connectivity index (χ0n) is 11.4. The zero-order chi connectivity index (χ0) is 15.1. The van der Waals surface area contributed by atoms with E-state index in [1.54, 1.807) is 6.07 Å². The van der Waals surface area contributed by atoms with Crippen molar-refractivity contribution in [3.05, 3.63) is 60.2 Å². The van der Waals surface area contributed by atoms with Crippen molar-refractivity contribution in [3.63, 3.8) is 0 Å². The summed E-state index contributed by atoms with van der Waals surface area (Å²) in [5.74, 6) is 0.444. The highest BCUT2D eigenvalue weighted by molar-refractivity contribution is 5.93. The molecule has 6 nitrogen and oxygen atoms in total. The number of guanidine groups is 2. The molecule has 0 radical (unpaired) electrons. The van der Waals surface area contributed by atoms with E-state index in [1.165, 1.54) is 0 Å². The molecule has 0 saturated carbocycles. The minimum Gasteiger partial charge on any atom is -0.487 e. The van der Waals surface area contributed by atoms with Crippen LogP contribution >= 0.6 is 0 Å². The number of ether oxygens (including phenoxy) is 1. The Morgan fingerprint density at radius 3 is 2.29 bits per heavy atom. The second-order valence-electron chi connectivity index (χ2n) is 4.25. The van der Waals surface area contributed by atoms with Gasteiger partial charge >= 0.3 is 0 Å². The largest absolute Gasteiger partial charge is 0.487 e. The summed E-state index contributed by atoms with van der Waals surface area (Å²) in [5.41, 5.74) is 17.8. The van der Waals surface area contributed by atoms with E-state index in [4.69, 9.17) is 21.9 Å². The van der Waals surface area contributed by atoms with Gasteiger partial charge in [0.25, 0.3) is 0 Å². The lowest BCUT2D eigenvalue weighted by Gasteiger charge is -2.08. The number of nitrogens with two attached hydrogens (primary N) is 3. The van der Waals surface area contributed by atoms with E-state index in [0.29, 0.717) is 18.0 Å². The van der Waals surface area contributed by atoms with E-state index in [2.05, 4.69) is 9.98 Å². The topological polar surface area (TPSA) is 112 Å². The Kier molecular flexibility index (Phi) is 4.76.